The SMILES string of the molecule is O=C(O)C1CCCCCN1C1CCCc2sccc21. The first kappa shape index (κ1) is 13.1. The molecule has 19 heavy (non-hydrogen) atoms. The van der Waals surface area contributed by atoms with Gasteiger partial charge in [-0.3, -0.25) is 9.69 Å². The Hall–Kier alpha value is -0.870. The predicted molar refractivity (Wildman–Crippen MR) is 76.6 cm³/mol. The van der Waals surface area contributed by atoms with Gasteiger partial charge in [-0.25, -0.2) is 0 Å². The lowest BCUT2D eigenvalue weighted by molar-refractivity contribution is -0.144. The summed E-state index contributed by atoms with van der Waals surface area (Å²) in [6.07, 6.45) is 7.66. The second-order valence-corrected chi connectivity index (χ2v) is 6.65. The molecule has 1 aromatic heterocycles. The number of aliphatic carboxylic acids is 1. The van der Waals surface area contributed by atoms with E-state index in [4.69, 9.17) is 0 Å². The molecule has 0 saturated carbocycles. The first-order valence-electron chi connectivity index (χ1n) is 7.32. The van der Waals surface area contributed by atoms with Gasteiger partial charge in [0.25, 0.3) is 0 Å². The third-order valence-electron chi connectivity index (χ3n) is 4.50. The lowest BCUT2D eigenvalue weighted by Crippen LogP contribution is -2.43. The Kier molecular flexibility index (Phi) is 3.89. The maximum atomic E-state index is 11.6. The van der Waals surface area contributed by atoms with E-state index in [0.717, 1.165) is 32.2 Å². The highest BCUT2D eigenvalue weighted by molar-refractivity contribution is 7.10. The molecule has 1 aliphatic heterocycles. The molecule has 0 radical (unpaired) electrons. The van der Waals surface area contributed by atoms with Crippen LogP contribution in [0.1, 0.15) is 55.0 Å². The molecule has 2 heterocycles. The molecule has 4 heteroatoms. The third kappa shape index (κ3) is 2.56. The molecule has 1 fully saturated rings. The molecule has 1 aromatic rings. The molecule has 2 aliphatic rings. The minimum atomic E-state index is -0.635. The molecule has 0 bridgehead atoms. The summed E-state index contributed by atoms with van der Waals surface area (Å²) in [6.45, 7) is 0.941. The monoisotopic (exact) mass is 279 g/mol. The van der Waals surface area contributed by atoms with Crippen molar-refractivity contribution in [3.63, 3.8) is 0 Å². The second-order valence-electron chi connectivity index (χ2n) is 5.65. The highest BCUT2D eigenvalue weighted by Gasteiger charge is 2.35. The van der Waals surface area contributed by atoms with Crippen molar-refractivity contribution < 1.29 is 9.90 Å². The summed E-state index contributed by atoms with van der Waals surface area (Å²) in [5, 5.41) is 11.7. The van der Waals surface area contributed by atoms with E-state index in [-0.39, 0.29) is 6.04 Å². The molecular formula is C15H21NO2S. The number of rotatable bonds is 2. The van der Waals surface area contributed by atoms with Crippen LogP contribution in [0.5, 0.6) is 0 Å². The number of fused-ring (bicyclic) bond motifs is 1. The van der Waals surface area contributed by atoms with E-state index < -0.39 is 5.97 Å². The van der Waals surface area contributed by atoms with E-state index in [9.17, 15) is 9.90 Å². The topological polar surface area (TPSA) is 40.5 Å². The van der Waals surface area contributed by atoms with Gasteiger partial charge in [-0.15, -0.1) is 11.3 Å². The van der Waals surface area contributed by atoms with Crippen molar-refractivity contribution in [3.05, 3.63) is 21.9 Å². The van der Waals surface area contributed by atoms with Crippen molar-refractivity contribution in [3.8, 4) is 0 Å². The summed E-state index contributed by atoms with van der Waals surface area (Å²) in [7, 11) is 0. The predicted octanol–water partition coefficient (Wildman–Crippen LogP) is 3.45. The number of hydrogen-bond donors (Lipinski definition) is 1. The highest BCUT2D eigenvalue weighted by atomic mass is 32.1. The van der Waals surface area contributed by atoms with Gasteiger partial charge in [-0.05, 0) is 55.7 Å². The summed E-state index contributed by atoms with van der Waals surface area (Å²) in [5.74, 6) is -0.635. The van der Waals surface area contributed by atoms with Crippen molar-refractivity contribution in [1.82, 2.24) is 4.90 Å². The third-order valence-corrected chi connectivity index (χ3v) is 5.50. The van der Waals surface area contributed by atoms with Crippen LogP contribution in [0.15, 0.2) is 11.4 Å². The van der Waals surface area contributed by atoms with Gasteiger partial charge in [0.1, 0.15) is 6.04 Å². The van der Waals surface area contributed by atoms with Gasteiger partial charge in [0, 0.05) is 10.9 Å². The van der Waals surface area contributed by atoms with Crippen LogP contribution >= 0.6 is 11.3 Å². The molecule has 2 atom stereocenters. The lowest BCUT2D eigenvalue weighted by atomic mass is 9.91. The Morgan fingerprint density at radius 1 is 1.26 bits per heavy atom. The molecule has 0 spiro atoms. The zero-order valence-corrected chi connectivity index (χ0v) is 12.0. The van der Waals surface area contributed by atoms with Crippen molar-refractivity contribution >= 4 is 17.3 Å². The number of carbonyl (C=O) groups is 1. The van der Waals surface area contributed by atoms with E-state index in [0.29, 0.717) is 6.04 Å². The van der Waals surface area contributed by atoms with Gasteiger partial charge in [0.05, 0.1) is 0 Å². The average molecular weight is 279 g/mol. The van der Waals surface area contributed by atoms with E-state index >= 15 is 0 Å². The van der Waals surface area contributed by atoms with Crippen LogP contribution in [-0.4, -0.2) is 28.6 Å². The Morgan fingerprint density at radius 2 is 2.16 bits per heavy atom. The average Bonchev–Trinajstić information content (AvgIpc) is 2.74. The number of carboxylic acids is 1. The van der Waals surface area contributed by atoms with Gasteiger partial charge in [-0.2, -0.15) is 0 Å². The van der Waals surface area contributed by atoms with Crippen LogP contribution in [0.2, 0.25) is 0 Å². The molecule has 3 rings (SSSR count). The molecule has 1 aliphatic carbocycles. The minimum Gasteiger partial charge on any atom is -0.480 e. The summed E-state index contributed by atoms with van der Waals surface area (Å²) in [4.78, 5) is 15.3. The molecule has 1 saturated heterocycles. The largest absolute Gasteiger partial charge is 0.480 e. The van der Waals surface area contributed by atoms with Crippen molar-refractivity contribution in [2.45, 2.75) is 57.0 Å². The number of aryl methyl sites for hydroxylation is 1. The molecule has 1 N–H and O–H groups in total. The van der Waals surface area contributed by atoms with Crippen molar-refractivity contribution in [1.29, 1.82) is 0 Å². The van der Waals surface area contributed by atoms with E-state index in [1.165, 1.54) is 29.7 Å². The fourth-order valence-corrected chi connectivity index (χ4v) is 4.56. The smallest absolute Gasteiger partial charge is 0.320 e. The number of thiophene rings is 1. The summed E-state index contributed by atoms with van der Waals surface area (Å²) < 4.78 is 0. The first-order chi connectivity index (χ1) is 9.27. The fraction of sp³-hybridized carbons (Fsp3) is 0.667. The Bertz CT molecular complexity index is 457. The van der Waals surface area contributed by atoms with Crippen LogP contribution in [0, 0.1) is 0 Å². The van der Waals surface area contributed by atoms with Gasteiger partial charge >= 0.3 is 5.97 Å². The van der Waals surface area contributed by atoms with Crippen LogP contribution in [0.25, 0.3) is 0 Å². The van der Waals surface area contributed by atoms with Gasteiger partial charge < -0.3 is 5.11 Å². The molecule has 3 nitrogen and oxygen atoms in total. The molecule has 2 unspecified atom stereocenters. The zero-order chi connectivity index (χ0) is 13.2. The van der Waals surface area contributed by atoms with Crippen molar-refractivity contribution in [2.75, 3.05) is 6.54 Å². The van der Waals surface area contributed by atoms with E-state index in [1.54, 1.807) is 0 Å². The van der Waals surface area contributed by atoms with E-state index in [1.807, 2.05) is 11.3 Å². The lowest BCUT2D eigenvalue weighted by Gasteiger charge is -2.37. The van der Waals surface area contributed by atoms with Gasteiger partial charge in [-0.1, -0.05) is 12.8 Å². The molecule has 104 valence electrons. The Labute approximate surface area is 118 Å². The number of carboxylic acid groups (broad SMARTS) is 1. The van der Waals surface area contributed by atoms with Crippen LogP contribution < -0.4 is 0 Å². The zero-order valence-electron chi connectivity index (χ0n) is 11.2. The first-order valence-corrected chi connectivity index (χ1v) is 8.20. The fourth-order valence-electron chi connectivity index (χ4n) is 3.58. The maximum absolute atomic E-state index is 11.6. The second kappa shape index (κ2) is 5.63. The van der Waals surface area contributed by atoms with Crippen LogP contribution in [-0.2, 0) is 11.2 Å². The molecular weight excluding hydrogens is 258 g/mol. The Balaban J connectivity index is 1.89. The van der Waals surface area contributed by atoms with Crippen LogP contribution in [0.3, 0.4) is 0 Å². The van der Waals surface area contributed by atoms with Gasteiger partial charge in [0.2, 0.25) is 0 Å². The maximum Gasteiger partial charge on any atom is 0.320 e. The molecule has 0 amide bonds. The van der Waals surface area contributed by atoms with Gasteiger partial charge in [0.15, 0.2) is 0 Å². The number of nitrogens with zero attached hydrogens (tertiary/aromatic N) is 1. The highest BCUT2D eigenvalue weighted by Crippen LogP contribution is 2.39. The minimum absolute atomic E-state index is 0.279. The standard InChI is InChI=1S/C15H21NO2S/c17-15(18)13-5-2-1-3-9-16(13)12-6-4-7-14-11(12)8-10-19-14/h8,10,12-13H,1-7,9H2,(H,17,18). The van der Waals surface area contributed by atoms with Crippen molar-refractivity contribution in [2.24, 2.45) is 0 Å². The van der Waals surface area contributed by atoms with Crippen LogP contribution in [0.4, 0.5) is 0 Å². The summed E-state index contributed by atoms with van der Waals surface area (Å²) in [6, 6.07) is 2.28. The van der Waals surface area contributed by atoms with E-state index in [2.05, 4.69) is 16.3 Å². The quantitative estimate of drug-likeness (QED) is 0.901. The molecule has 0 aromatic carbocycles. The normalized spacial score (nSPS) is 28.6. The number of likely N-dealkylation sites (tertiary alicyclic amines) is 1. The summed E-state index contributed by atoms with van der Waals surface area (Å²) >= 11 is 1.83. The number of hydrogen-bond acceptors (Lipinski definition) is 3. The Morgan fingerprint density at radius 3 is 3.00 bits per heavy atom. The summed E-state index contributed by atoms with van der Waals surface area (Å²) in [5.41, 5.74) is 1.41.